The van der Waals surface area contributed by atoms with Crippen molar-refractivity contribution < 1.29 is 9.22 Å². The predicted octanol–water partition coefficient (Wildman–Crippen LogP) is 6.01. The lowest BCUT2D eigenvalue weighted by molar-refractivity contribution is -0.128. The zero-order chi connectivity index (χ0) is 17.6. The number of rotatable bonds is 2. The van der Waals surface area contributed by atoms with Gasteiger partial charge < -0.3 is 4.43 Å². The fourth-order valence-electron chi connectivity index (χ4n) is 3.54. The van der Waals surface area contributed by atoms with Crippen molar-refractivity contribution in [2.75, 3.05) is 0 Å². The molecule has 0 aromatic carbocycles. The van der Waals surface area contributed by atoms with E-state index in [1.165, 1.54) is 11.1 Å². The van der Waals surface area contributed by atoms with Gasteiger partial charge >= 0.3 is 0 Å². The first-order valence-corrected chi connectivity index (χ1v) is 11.9. The van der Waals surface area contributed by atoms with Gasteiger partial charge in [0.15, 0.2) is 0 Å². The maximum Gasteiger partial charge on any atom is 0.250 e. The molecule has 1 saturated carbocycles. The summed E-state index contributed by atoms with van der Waals surface area (Å²) in [4.78, 5) is 12.5. The molecule has 2 aliphatic rings. The van der Waals surface area contributed by atoms with Crippen LogP contribution in [-0.4, -0.2) is 14.1 Å². The number of allylic oxidation sites excluding steroid dienone is 3. The monoisotopic (exact) mass is 334 g/mol. The first kappa shape index (κ1) is 18.5. The van der Waals surface area contributed by atoms with E-state index in [1.54, 1.807) is 0 Å². The van der Waals surface area contributed by atoms with Gasteiger partial charge in [0.25, 0.3) is 0 Å². The minimum absolute atomic E-state index is 0.0218. The standard InChI is InChI=1S/C20H34O2Si/c1-14(2)15-12-16-17(21)10-9-11-20(16,6)13-18(15)22-23(7,8)19(3,4)5/h13,16H,9-12H2,1-8H3/t16-,20+/m0/s1. The average Bonchev–Trinajstić information content (AvgIpc) is 2.35. The molecule has 3 heteroatoms. The summed E-state index contributed by atoms with van der Waals surface area (Å²) >= 11 is 0. The lowest BCUT2D eigenvalue weighted by atomic mass is 9.61. The fraction of sp³-hybridized carbons (Fsp3) is 0.750. The second-order valence-corrected chi connectivity index (χ2v) is 14.2. The Labute approximate surface area is 143 Å². The maximum atomic E-state index is 12.5. The van der Waals surface area contributed by atoms with Crippen LogP contribution in [0, 0.1) is 11.3 Å². The third kappa shape index (κ3) is 3.50. The molecule has 0 unspecified atom stereocenters. The summed E-state index contributed by atoms with van der Waals surface area (Å²) in [6.45, 7) is 18.0. The van der Waals surface area contributed by atoms with Gasteiger partial charge in [-0.3, -0.25) is 4.79 Å². The van der Waals surface area contributed by atoms with Crippen LogP contribution in [0.25, 0.3) is 0 Å². The summed E-state index contributed by atoms with van der Waals surface area (Å²) in [6.07, 6.45) is 6.03. The summed E-state index contributed by atoms with van der Waals surface area (Å²) in [6, 6.07) is 0. The topological polar surface area (TPSA) is 26.3 Å². The third-order valence-electron chi connectivity index (χ3n) is 6.26. The van der Waals surface area contributed by atoms with E-state index in [-0.39, 0.29) is 16.4 Å². The lowest BCUT2D eigenvalue weighted by Crippen LogP contribution is -2.44. The molecule has 0 aliphatic heterocycles. The van der Waals surface area contributed by atoms with Crippen LogP contribution in [0.15, 0.2) is 23.0 Å². The van der Waals surface area contributed by atoms with Crippen LogP contribution < -0.4 is 0 Å². The Balaban J connectivity index is 2.45. The quantitative estimate of drug-likeness (QED) is 0.578. The Morgan fingerprint density at radius 3 is 2.43 bits per heavy atom. The molecule has 0 aromatic heterocycles. The van der Waals surface area contributed by atoms with Crippen LogP contribution in [0.4, 0.5) is 0 Å². The summed E-state index contributed by atoms with van der Waals surface area (Å²) in [5.74, 6) is 1.66. The molecule has 0 spiro atoms. The van der Waals surface area contributed by atoms with E-state index < -0.39 is 8.32 Å². The van der Waals surface area contributed by atoms with E-state index in [2.05, 4.69) is 60.7 Å². The summed E-state index contributed by atoms with van der Waals surface area (Å²) in [5, 5.41) is 0.181. The highest BCUT2D eigenvalue weighted by Gasteiger charge is 2.46. The lowest BCUT2D eigenvalue weighted by Gasteiger charge is -2.45. The van der Waals surface area contributed by atoms with Gasteiger partial charge in [0.1, 0.15) is 11.5 Å². The number of hydrogen-bond acceptors (Lipinski definition) is 2. The second-order valence-electron chi connectivity index (χ2n) is 9.43. The van der Waals surface area contributed by atoms with Gasteiger partial charge in [-0.2, -0.15) is 0 Å². The molecule has 0 aromatic rings. The van der Waals surface area contributed by atoms with Crippen molar-refractivity contribution in [2.45, 2.75) is 85.4 Å². The SMILES string of the molecule is CC(C)=C1C[C@H]2C(=O)CCC[C@]2(C)C=C1O[Si](C)(C)C(C)(C)C. The van der Waals surface area contributed by atoms with Crippen molar-refractivity contribution in [2.24, 2.45) is 11.3 Å². The van der Waals surface area contributed by atoms with Crippen LogP contribution in [0.1, 0.15) is 67.2 Å². The van der Waals surface area contributed by atoms with Crippen LogP contribution in [0.2, 0.25) is 18.1 Å². The van der Waals surface area contributed by atoms with Gasteiger partial charge in [-0.25, -0.2) is 0 Å². The minimum Gasteiger partial charge on any atom is -0.544 e. The number of carbonyl (C=O) groups is 1. The van der Waals surface area contributed by atoms with Crippen molar-refractivity contribution in [1.29, 1.82) is 0 Å². The molecule has 2 nitrogen and oxygen atoms in total. The molecule has 0 N–H and O–H groups in total. The highest BCUT2D eigenvalue weighted by Crippen LogP contribution is 2.51. The molecule has 0 heterocycles. The number of hydrogen-bond donors (Lipinski definition) is 0. The summed E-state index contributed by atoms with van der Waals surface area (Å²) in [5.41, 5.74) is 2.54. The zero-order valence-corrected chi connectivity index (χ0v) is 17.3. The van der Waals surface area contributed by atoms with Gasteiger partial charge in [0.05, 0.1) is 0 Å². The molecule has 0 saturated heterocycles. The Kier molecular flexibility index (Phi) is 4.75. The normalized spacial score (nSPS) is 29.0. The van der Waals surface area contributed by atoms with Crippen molar-refractivity contribution in [3.05, 3.63) is 23.0 Å². The van der Waals surface area contributed by atoms with E-state index >= 15 is 0 Å². The van der Waals surface area contributed by atoms with Crippen molar-refractivity contribution in [3.8, 4) is 0 Å². The zero-order valence-electron chi connectivity index (χ0n) is 16.3. The van der Waals surface area contributed by atoms with E-state index in [9.17, 15) is 4.79 Å². The first-order valence-electron chi connectivity index (χ1n) is 8.99. The van der Waals surface area contributed by atoms with E-state index in [0.29, 0.717) is 5.78 Å². The Morgan fingerprint density at radius 2 is 1.91 bits per heavy atom. The van der Waals surface area contributed by atoms with Gasteiger partial charge in [0.2, 0.25) is 8.32 Å². The van der Waals surface area contributed by atoms with Crippen molar-refractivity contribution in [1.82, 2.24) is 0 Å². The first-order chi connectivity index (χ1) is 10.4. The van der Waals surface area contributed by atoms with Gasteiger partial charge in [-0.15, -0.1) is 0 Å². The number of fused-ring (bicyclic) bond motifs is 1. The van der Waals surface area contributed by atoms with Crippen LogP contribution >= 0.6 is 0 Å². The average molecular weight is 335 g/mol. The Bertz CT molecular complexity index is 559. The van der Waals surface area contributed by atoms with Gasteiger partial charge in [-0.1, -0.05) is 33.3 Å². The van der Waals surface area contributed by atoms with Gasteiger partial charge in [-0.05, 0) is 68.3 Å². The predicted molar refractivity (Wildman–Crippen MR) is 99.8 cm³/mol. The number of carbonyl (C=O) groups excluding carboxylic acids is 1. The van der Waals surface area contributed by atoms with Crippen molar-refractivity contribution in [3.63, 3.8) is 0 Å². The largest absolute Gasteiger partial charge is 0.544 e. The molecular formula is C20H34O2Si. The molecule has 2 aliphatic carbocycles. The van der Waals surface area contributed by atoms with Crippen LogP contribution in [0.3, 0.4) is 0 Å². The minimum atomic E-state index is -1.87. The molecule has 0 radical (unpaired) electrons. The molecular weight excluding hydrogens is 300 g/mol. The van der Waals surface area contributed by atoms with E-state index in [4.69, 9.17) is 4.43 Å². The van der Waals surface area contributed by atoms with Crippen LogP contribution in [-0.2, 0) is 9.22 Å². The van der Waals surface area contributed by atoms with E-state index in [1.807, 2.05) is 0 Å². The number of ketones is 1. The second kappa shape index (κ2) is 5.91. The van der Waals surface area contributed by atoms with Crippen LogP contribution in [0.5, 0.6) is 0 Å². The third-order valence-corrected chi connectivity index (χ3v) is 10.6. The molecule has 130 valence electrons. The molecule has 1 fully saturated rings. The maximum absolute atomic E-state index is 12.5. The molecule has 0 amide bonds. The molecule has 2 rings (SSSR count). The van der Waals surface area contributed by atoms with Crippen molar-refractivity contribution >= 4 is 14.1 Å². The summed E-state index contributed by atoms with van der Waals surface area (Å²) < 4.78 is 6.70. The summed E-state index contributed by atoms with van der Waals surface area (Å²) in [7, 11) is -1.87. The Morgan fingerprint density at radius 1 is 1.30 bits per heavy atom. The Hall–Kier alpha value is -0.833. The highest BCUT2D eigenvalue weighted by atomic mass is 28.4. The van der Waals surface area contributed by atoms with Gasteiger partial charge in [0, 0.05) is 12.3 Å². The van der Waals surface area contributed by atoms with E-state index in [0.717, 1.165) is 31.4 Å². The molecule has 23 heavy (non-hydrogen) atoms. The molecule has 0 bridgehead atoms. The number of Topliss-reactive ketones (excluding diaryl/α,β-unsaturated/α-hetero) is 1. The molecule has 2 atom stereocenters. The fourth-order valence-corrected chi connectivity index (χ4v) is 4.58. The smallest absolute Gasteiger partial charge is 0.250 e. The highest BCUT2D eigenvalue weighted by molar-refractivity contribution is 6.74.